The van der Waals surface area contributed by atoms with E-state index >= 15 is 0 Å². The largest absolute Gasteiger partial charge is 0.494 e. The van der Waals surface area contributed by atoms with Gasteiger partial charge >= 0.3 is 6.18 Å². The minimum Gasteiger partial charge on any atom is -0.494 e. The van der Waals surface area contributed by atoms with Gasteiger partial charge in [0.15, 0.2) is 6.23 Å². The smallest absolute Gasteiger partial charge is 0.401 e. The first-order valence-corrected chi connectivity index (χ1v) is 12.1. The zero-order valence-corrected chi connectivity index (χ0v) is 19.9. The fourth-order valence-electron chi connectivity index (χ4n) is 5.89. The predicted octanol–water partition coefficient (Wildman–Crippen LogP) is 5.16. The molecule has 0 bridgehead atoms. The van der Waals surface area contributed by atoms with Crippen molar-refractivity contribution < 1.29 is 27.5 Å². The third kappa shape index (κ3) is 5.28. The Bertz CT molecular complexity index is 1140. The van der Waals surface area contributed by atoms with Gasteiger partial charge in [0.2, 0.25) is 0 Å². The summed E-state index contributed by atoms with van der Waals surface area (Å²) >= 11 is 0. The van der Waals surface area contributed by atoms with E-state index in [9.17, 15) is 18.3 Å². The van der Waals surface area contributed by atoms with E-state index in [2.05, 4.69) is 15.5 Å². The number of fused-ring (bicyclic) bond motifs is 2. The minimum absolute atomic E-state index is 0.372. The number of alkyl halides is 3. The molecule has 1 saturated carbocycles. The second-order valence-corrected chi connectivity index (χ2v) is 10.00. The first kappa shape index (κ1) is 24.0. The van der Waals surface area contributed by atoms with Gasteiger partial charge in [-0.2, -0.15) is 13.2 Å². The molecular formula is C25H31F3N4O3. The number of H-pyrrole nitrogens is 1. The molecule has 1 unspecified atom stereocenters. The van der Waals surface area contributed by atoms with Gasteiger partial charge in [0, 0.05) is 30.2 Å². The van der Waals surface area contributed by atoms with Crippen molar-refractivity contribution in [3.63, 3.8) is 0 Å². The number of hydrogen-bond acceptors (Lipinski definition) is 6. The van der Waals surface area contributed by atoms with Crippen LogP contribution in [0.3, 0.4) is 0 Å². The van der Waals surface area contributed by atoms with E-state index in [0.29, 0.717) is 54.5 Å². The van der Waals surface area contributed by atoms with Gasteiger partial charge in [-0.15, -0.1) is 0 Å². The maximum absolute atomic E-state index is 12.7. The number of anilines is 1. The van der Waals surface area contributed by atoms with Crippen molar-refractivity contribution in [3.8, 4) is 5.75 Å². The number of ether oxygens (including phenoxy) is 1. The Morgan fingerprint density at radius 2 is 2.00 bits per heavy atom. The van der Waals surface area contributed by atoms with Crippen LogP contribution in [-0.4, -0.2) is 52.6 Å². The number of nitrogens with zero attached hydrogens (tertiary/aromatic N) is 2. The molecule has 5 rings (SSSR count). The summed E-state index contributed by atoms with van der Waals surface area (Å²) in [4.78, 5) is 4.75. The molecule has 0 amide bonds. The van der Waals surface area contributed by atoms with Crippen LogP contribution in [0.4, 0.5) is 18.9 Å². The molecule has 3 heterocycles. The Morgan fingerprint density at radius 1 is 1.26 bits per heavy atom. The molecule has 1 saturated heterocycles. The molecule has 3 N–H and O–H groups in total. The van der Waals surface area contributed by atoms with Crippen molar-refractivity contribution in [3.05, 3.63) is 41.4 Å². The van der Waals surface area contributed by atoms with Crippen LogP contribution in [0.2, 0.25) is 0 Å². The van der Waals surface area contributed by atoms with E-state index in [4.69, 9.17) is 9.26 Å². The minimum atomic E-state index is -4.12. The molecule has 10 heteroatoms. The first-order valence-electron chi connectivity index (χ1n) is 12.1. The predicted molar refractivity (Wildman–Crippen MR) is 125 cm³/mol. The standard InChI is InChI=1S/C25H31F3N4O3/c1-14-23(15(2)35-31-14)24(33)30-22-10-29-21-4-3-19(9-20(21)22)34-6-5-16-7-17-11-32(12-18(17)8-16)13-25(26,27)28/h3-4,9-10,16-18,24,29-30,33H,5-8,11-13H2,1-2H3/t16-,17-,18+,24?. The number of aryl methyl sites for hydroxylation is 2. The van der Waals surface area contributed by atoms with Crippen LogP contribution >= 0.6 is 0 Å². The number of aromatic nitrogens is 2. The lowest BCUT2D eigenvalue weighted by Gasteiger charge is -2.20. The molecule has 1 aliphatic carbocycles. The van der Waals surface area contributed by atoms with Crippen LogP contribution in [0.25, 0.3) is 10.9 Å². The molecule has 35 heavy (non-hydrogen) atoms. The van der Waals surface area contributed by atoms with E-state index in [-0.39, 0.29) is 0 Å². The Labute approximate surface area is 201 Å². The van der Waals surface area contributed by atoms with E-state index in [0.717, 1.165) is 41.6 Å². The van der Waals surface area contributed by atoms with Gasteiger partial charge < -0.3 is 24.7 Å². The van der Waals surface area contributed by atoms with Crippen molar-refractivity contribution in [2.45, 2.75) is 45.5 Å². The number of rotatable bonds is 8. The quantitative estimate of drug-likeness (QED) is 0.377. The summed E-state index contributed by atoms with van der Waals surface area (Å²) in [5.41, 5.74) is 2.91. The SMILES string of the molecule is Cc1noc(C)c1C(O)Nc1c[nH]c2ccc(OCC[C@@H]3C[C@@H]4CN(CC(F)(F)F)C[C@@H]4C3)cc12. The van der Waals surface area contributed by atoms with Crippen molar-refractivity contribution in [2.24, 2.45) is 17.8 Å². The average Bonchev–Trinajstić information content (AvgIpc) is 3.51. The summed E-state index contributed by atoms with van der Waals surface area (Å²) in [6.07, 6.45) is -0.421. The van der Waals surface area contributed by atoms with Gasteiger partial charge in [-0.1, -0.05) is 5.16 Å². The van der Waals surface area contributed by atoms with Crippen LogP contribution in [0.5, 0.6) is 5.75 Å². The van der Waals surface area contributed by atoms with Crippen LogP contribution in [0.1, 0.15) is 42.5 Å². The van der Waals surface area contributed by atoms with E-state index in [1.165, 1.54) is 0 Å². The fourth-order valence-corrected chi connectivity index (χ4v) is 5.89. The summed E-state index contributed by atoms with van der Waals surface area (Å²) in [5, 5.41) is 18.6. The molecule has 2 aliphatic rings. The summed E-state index contributed by atoms with van der Waals surface area (Å²) < 4.78 is 49.2. The van der Waals surface area contributed by atoms with Gasteiger partial charge in [-0.3, -0.25) is 4.90 Å². The van der Waals surface area contributed by atoms with Crippen LogP contribution in [0.15, 0.2) is 28.9 Å². The van der Waals surface area contributed by atoms with Crippen LogP contribution < -0.4 is 10.1 Å². The molecule has 7 nitrogen and oxygen atoms in total. The Morgan fingerprint density at radius 3 is 2.66 bits per heavy atom. The zero-order chi connectivity index (χ0) is 24.7. The van der Waals surface area contributed by atoms with Crippen LogP contribution in [-0.2, 0) is 0 Å². The van der Waals surface area contributed by atoms with Crippen molar-refractivity contribution in [2.75, 3.05) is 31.6 Å². The van der Waals surface area contributed by atoms with E-state index in [1.54, 1.807) is 24.9 Å². The van der Waals surface area contributed by atoms with E-state index in [1.807, 2.05) is 18.2 Å². The second kappa shape index (κ2) is 9.39. The monoisotopic (exact) mass is 492 g/mol. The van der Waals surface area contributed by atoms with Gasteiger partial charge in [0.1, 0.15) is 11.5 Å². The van der Waals surface area contributed by atoms with Gasteiger partial charge in [-0.25, -0.2) is 0 Å². The van der Waals surface area contributed by atoms with Crippen LogP contribution in [0, 0.1) is 31.6 Å². The number of aromatic amines is 1. The number of aliphatic hydroxyl groups excluding tert-OH is 1. The third-order valence-electron chi connectivity index (χ3n) is 7.43. The lowest BCUT2D eigenvalue weighted by atomic mass is 10.0. The van der Waals surface area contributed by atoms with Gasteiger partial charge in [-0.05, 0) is 69.1 Å². The molecular weight excluding hydrogens is 461 g/mol. The lowest BCUT2D eigenvalue weighted by Crippen LogP contribution is -2.33. The Balaban J connectivity index is 1.14. The first-order chi connectivity index (χ1) is 16.7. The van der Waals surface area contributed by atoms with Crippen molar-refractivity contribution in [1.29, 1.82) is 0 Å². The van der Waals surface area contributed by atoms with Gasteiger partial charge in [0.25, 0.3) is 0 Å². The average molecular weight is 493 g/mol. The number of likely N-dealkylation sites (tertiary alicyclic amines) is 1. The molecule has 0 radical (unpaired) electrons. The highest BCUT2D eigenvalue weighted by Gasteiger charge is 2.43. The third-order valence-corrected chi connectivity index (χ3v) is 7.43. The molecule has 1 aliphatic heterocycles. The Hall–Kier alpha value is -2.72. The molecule has 4 atom stereocenters. The van der Waals surface area contributed by atoms with Gasteiger partial charge in [0.05, 0.1) is 30.1 Å². The molecule has 190 valence electrons. The highest BCUT2D eigenvalue weighted by Crippen LogP contribution is 2.43. The van der Waals surface area contributed by atoms with Crippen molar-refractivity contribution in [1.82, 2.24) is 15.0 Å². The molecule has 0 spiro atoms. The number of benzene rings is 1. The van der Waals surface area contributed by atoms with Crippen molar-refractivity contribution >= 4 is 16.6 Å². The highest BCUT2D eigenvalue weighted by molar-refractivity contribution is 5.93. The maximum Gasteiger partial charge on any atom is 0.401 e. The number of nitrogens with one attached hydrogen (secondary N) is 2. The summed E-state index contributed by atoms with van der Waals surface area (Å²) in [6.45, 7) is 4.44. The number of aliphatic hydroxyl groups is 1. The normalized spacial score (nSPS) is 23.7. The molecule has 1 aromatic carbocycles. The summed E-state index contributed by atoms with van der Waals surface area (Å²) in [7, 11) is 0. The number of hydrogen-bond donors (Lipinski definition) is 3. The lowest BCUT2D eigenvalue weighted by molar-refractivity contribution is -0.144. The summed E-state index contributed by atoms with van der Waals surface area (Å²) in [5.74, 6) is 2.54. The number of halogens is 3. The highest BCUT2D eigenvalue weighted by atomic mass is 19.4. The maximum atomic E-state index is 12.7. The second-order valence-electron chi connectivity index (χ2n) is 10.00. The molecule has 2 aromatic heterocycles. The van der Waals surface area contributed by atoms with E-state index < -0.39 is 18.9 Å². The Kier molecular flexibility index (Phi) is 6.43. The fraction of sp³-hybridized carbons (Fsp3) is 0.560. The molecule has 2 fully saturated rings. The summed E-state index contributed by atoms with van der Waals surface area (Å²) in [6, 6.07) is 5.78. The topological polar surface area (TPSA) is 86.6 Å². The molecule has 3 aromatic rings. The zero-order valence-electron chi connectivity index (χ0n) is 19.9.